The predicted molar refractivity (Wildman–Crippen MR) is 117 cm³/mol. The molecule has 1 aromatic rings. The van der Waals surface area contributed by atoms with Crippen molar-refractivity contribution in [2.45, 2.75) is 19.3 Å². The summed E-state index contributed by atoms with van der Waals surface area (Å²) in [5.41, 5.74) is 3.93. The van der Waals surface area contributed by atoms with Gasteiger partial charge in [-0.25, -0.2) is 9.59 Å². The molecular weight excluding hydrogens is 448 g/mol. The largest absolute Gasteiger partial charge is 0.465 e. The van der Waals surface area contributed by atoms with Crippen molar-refractivity contribution in [3.8, 4) is 0 Å². The number of nitrogens with two attached hydrogens (primary N) is 1. The lowest BCUT2D eigenvalue weighted by molar-refractivity contribution is -0.144. The number of anilines is 1. The normalized spacial score (nSPS) is 19.2. The second-order valence-corrected chi connectivity index (χ2v) is 7.36. The number of para-hydroxylation sites is 1. The Kier molecular flexibility index (Phi) is 7.26. The fraction of sp³-hybridized carbons (Fsp3) is 0.391. The molecule has 2 N–H and O–H groups in total. The third kappa shape index (κ3) is 3.87. The third-order valence-electron chi connectivity index (χ3n) is 5.48. The molecule has 0 aromatic heterocycles. The average Bonchev–Trinajstić information content (AvgIpc) is 3.02. The Morgan fingerprint density at radius 2 is 1.76 bits per heavy atom. The number of allylic oxidation sites excluding steroid dienone is 1. The molecule has 2 aliphatic heterocycles. The molecule has 1 amide bonds. The van der Waals surface area contributed by atoms with E-state index in [9.17, 15) is 19.2 Å². The van der Waals surface area contributed by atoms with E-state index in [0.717, 1.165) is 12.0 Å². The van der Waals surface area contributed by atoms with Crippen LogP contribution < -0.4 is 10.6 Å². The number of hydrogen-bond donors (Lipinski definition) is 1. The van der Waals surface area contributed by atoms with Crippen LogP contribution in [0.3, 0.4) is 0 Å². The molecule has 182 valence electrons. The van der Waals surface area contributed by atoms with Crippen molar-refractivity contribution in [1.29, 1.82) is 0 Å². The number of fused-ring (bicyclic) bond motifs is 2. The summed E-state index contributed by atoms with van der Waals surface area (Å²) >= 11 is 0. The highest BCUT2D eigenvalue weighted by molar-refractivity contribution is 6.23. The molecule has 11 heteroatoms. The quantitative estimate of drug-likeness (QED) is 0.324. The molecule has 0 saturated carbocycles. The smallest absolute Gasteiger partial charge is 0.340 e. The lowest BCUT2D eigenvalue weighted by atomic mass is 9.67. The van der Waals surface area contributed by atoms with Crippen LogP contribution >= 0.6 is 0 Å². The van der Waals surface area contributed by atoms with Crippen LogP contribution in [0.5, 0.6) is 0 Å². The summed E-state index contributed by atoms with van der Waals surface area (Å²) in [5, 5.41) is 0. The minimum atomic E-state index is -2.06. The molecule has 1 atom stereocenters. The summed E-state index contributed by atoms with van der Waals surface area (Å²) in [6.07, 6.45) is 0. The number of esters is 3. The first-order valence-electron chi connectivity index (χ1n) is 10.5. The van der Waals surface area contributed by atoms with Gasteiger partial charge in [-0.3, -0.25) is 14.5 Å². The summed E-state index contributed by atoms with van der Waals surface area (Å²) in [4.78, 5) is 53.9. The van der Waals surface area contributed by atoms with Gasteiger partial charge in [-0.2, -0.15) is 0 Å². The highest BCUT2D eigenvalue weighted by Gasteiger charge is 2.64. The van der Waals surface area contributed by atoms with Crippen molar-refractivity contribution >= 4 is 29.5 Å². The topological polar surface area (TPSA) is 144 Å². The van der Waals surface area contributed by atoms with E-state index in [-0.39, 0.29) is 42.3 Å². The minimum Gasteiger partial charge on any atom is -0.465 e. The molecule has 0 radical (unpaired) electrons. The molecule has 1 aromatic carbocycles. The molecule has 2 aliphatic rings. The van der Waals surface area contributed by atoms with E-state index in [1.54, 1.807) is 31.2 Å². The molecule has 2 heterocycles. The highest BCUT2D eigenvalue weighted by atomic mass is 16.6. The first-order chi connectivity index (χ1) is 16.2. The lowest BCUT2D eigenvalue weighted by Gasteiger charge is -2.36. The van der Waals surface area contributed by atoms with Crippen molar-refractivity contribution in [2.24, 2.45) is 5.73 Å². The standard InChI is InChI=1S/C23H26N2O9/c1-5-32-16(26)12-25-15-9-7-6-8-14(15)23(22(25)29)17(21(28)33-11-10-30-3)13(2)34-19(24)18(23)20(27)31-4/h6-9H,5,10-12,24H2,1-4H3/t23-/m1/s1. The summed E-state index contributed by atoms with van der Waals surface area (Å²) in [6, 6.07) is 6.44. The van der Waals surface area contributed by atoms with Gasteiger partial charge in [0.2, 0.25) is 11.8 Å². The molecule has 0 aliphatic carbocycles. The Hall–Kier alpha value is -3.86. The Morgan fingerprint density at radius 1 is 1.06 bits per heavy atom. The van der Waals surface area contributed by atoms with E-state index < -0.39 is 41.7 Å². The van der Waals surface area contributed by atoms with Crippen LogP contribution in [0.15, 0.2) is 47.1 Å². The Morgan fingerprint density at radius 3 is 2.41 bits per heavy atom. The maximum absolute atomic E-state index is 14.1. The average molecular weight is 474 g/mol. The summed E-state index contributed by atoms with van der Waals surface area (Å²) < 4.78 is 25.7. The number of amides is 1. The van der Waals surface area contributed by atoms with Crippen molar-refractivity contribution in [3.63, 3.8) is 0 Å². The molecule has 0 saturated heterocycles. The van der Waals surface area contributed by atoms with Crippen LogP contribution in [0.2, 0.25) is 0 Å². The van der Waals surface area contributed by atoms with E-state index in [4.69, 9.17) is 29.4 Å². The SMILES string of the molecule is CCOC(=O)CN1C(=O)[C@@]2(C(C(=O)OCCOC)=C(C)OC(N)=C2C(=O)OC)c2ccccc21. The fourth-order valence-corrected chi connectivity index (χ4v) is 4.21. The van der Waals surface area contributed by atoms with Gasteiger partial charge in [-0.1, -0.05) is 18.2 Å². The number of hydrogen-bond acceptors (Lipinski definition) is 10. The first-order valence-corrected chi connectivity index (χ1v) is 10.5. The molecule has 0 unspecified atom stereocenters. The van der Waals surface area contributed by atoms with Gasteiger partial charge in [0.25, 0.3) is 0 Å². The van der Waals surface area contributed by atoms with Crippen LogP contribution in [0, 0.1) is 0 Å². The lowest BCUT2D eigenvalue weighted by Crippen LogP contribution is -2.51. The maximum Gasteiger partial charge on any atom is 0.340 e. The maximum atomic E-state index is 14.1. The van der Waals surface area contributed by atoms with Gasteiger partial charge in [-0.15, -0.1) is 0 Å². The zero-order valence-electron chi connectivity index (χ0n) is 19.3. The Balaban J connectivity index is 2.29. The number of benzene rings is 1. The second kappa shape index (κ2) is 9.96. The molecule has 34 heavy (non-hydrogen) atoms. The molecule has 1 spiro atoms. The Labute approximate surface area is 196 Å². The number of carbonyl (C=O) groups excluding carboxylic acids is 4. The molecule has 3 rings (SSSR count). The van der Waals surface area contributed by atoms with Crippen molar-refractivity contribution in [2.75, 3.05) is 45.5 Å². The van der Waals surface area contributed by atoms with Crippen LogP contribution in [0.1, 0.15) is 19.4 Å². The van der Waals surface area contributed by atoms with Crippen LogP contribution in [0.4, 0.5) is 5.69 Å². The van der Waals surface area contributed by atoms with E-state index >= 15 is 0 Å². The van der Waals surface area contributed by atoms with Gasteiger partial charge in [0.1, 0.15) is 35.5 Å². The predicted octanol–water partition coefficient (Wildman–Crippen LogP) is 0.671. The first kappa shape index (κ1) is 24.8. The van der Waals surface area contributed by atoms with Gasteiger partial charge in [0, 0.05) is 18.4 Å². The van der Waals surface area contributed by atoms with Gasteiger partial charge in [-0.05, 0) is 19.9 Å². The molecule has 0 fully saturated rings. The van der Waals surface area contributed by atoms with Crippen LogP contribution in [-0.2, 0) is 48.3 Å². The van der Waals surface area contributed by atoms with E-state index in [1.165, 1.54) is 14.0 Å². The molecule has 0 bridgehead atoms. The minimum absolute atomic E-state index is 0.0336. The van der Waals surface area contributed by atoms with E-state index in [2.05, 4.69) is 0 Å². The van der Waals surface area contributed by atoms with Crippen molar-refractivity contribution in [1.82, 2.24) is 0 Å². The van der Waals surface area contributed by atoms with Gasteiger partial charge in [0.15, 0.2) is 0 Å². The summed E-state index contributed by atoms with van der Waals surface area (Å²) in [6.45, 7) is 2.71. The zero-order valence-corrected chi connectivity index (χ0v) is 19.3. The monoisotopic (exact) mass is 474 g/mol. The number of methoxy groups -OCH3 is 2. The van der Waals surface area contributed by atoms with Crippen molar-refractivity contribution < 1.29 is 42.9 Å². The number of carbonyl (C=O) groups is 4. The Bertz CT molecular complexity index is 1090. The molecule has 11 nitrogen and oxygen atoms in total. The van der Waals surface area contributed by atoms with E-state index in [0.29, 0.717) is 5.69 Å². The van der Waals surface area contributed by atoms with E-state index in [1.807, 2.05) is 0 Å². The molecular formula is C23H26N2O9. The van der Waals surface area contributed by atoms with Crippen LogP contribution in [0.25, 0.3) is 0 Å². The van der Waals surface area contributed by atoms with Gasteiger partial charge < -0.3 is 29.4 Å². The summed E-state index contributed by atoms with van der Waals surface area (Å²) in [5.74, 6) is -3.77. The zero-order chi connectivity index (χ0) is 25.0. The number of rotatable bonds is 8. The van der Waals surface area contributed by atoms with Gasteiger partial charge in [0.05, 0.1) is 20.3 Å². The fourth-order valence-electron chi connectivity index (χ4n) is 4.21. The third-order valence-corrected chi connectivity index (χ3v) is 5.48. The number of ether oxygens (including phenoxy) is 5. The highest BCUT2D eigenvalue weighted by Crippen LogP contribution is 2.54. The van der Waals surface area contributed by atoms with Gasteiger partial charge >= 0.3 is 17.9 Å². The van der Waals surface area contributed by atoms with Crippen molar-refractivity contribution in [3.05, 3.63) is 52.6 Å². The number of nitrogens with zero attached hydrogens (tertiary/aromatic N) is 1. The summed E-state index contributed by atoms with van der Waals surface area (Å²) in [7, 11) is 2.55. The second-order valence-electron chi connectivity index (χ2n) is 7.36. The van der Waals surface area contributed by atoms with Crippen LogP contribution in [-0.4, -0.2) is 64.4 Å².